The molecule has 86 valence electrons. The minimum atomic E-state index is -0.0817. The van der Waals surface area contributed by atoms with Crippen molar-refractivity contribution in [3.63, 3.8) is 0 Å². The zero-order valence-corrected chi connectivity index (χ0v) is 10.2. The number of hydrogen-bond donors (Lipinski definition) is 1. The first kappa shape index (κ1) is 11.3. The molecule has 1 aliphatic heterocycles. The molecular formula is C12H15ClN2O. The first-order valence-electron chi connectivity index (χ1n) is 5.38. The van der Waals surface area contributed by atoms with Gasteiger partial charge in [0, 0.05) is 6.54 Å². The van der Waals surface area contributed by atoms with Gasteiger partial charge in [0.1, 0.15) is 11.6 Å². The van der Waals surface area contributed by atoms with E-state index >= 15 is 0 Å². The van der Waals surface area contributed by atoms with E-state index in [0.717, 1.165) is 24.5 Å². The number of amidine groups is 1. The van der Waals surface area contributed by atoms with Crippen molar-refractivity contribution in [1.82, 2.24) is 5.32 Å². The van der Waals surface area contributed by atoms with Crippen molar-refractivity contribution < 1.29 is 4.74 Å². The van der Waals surface area contributed by atoms with Gasteiger partial charge in [-0.3, -0.25) is 4.99 Å². The van der Waals surface area contributed by atoms with Crippen LogP contribution in [0.4, 0.5) is 0 Å². The van der Waals surface area contributed by atoms with Crippen LogP contribution in [0.25, 0.3) is 0 Å². The number of ether oxygens (including phenoxy) is 1. The maximum Gasteiger partial charge on any atom is 0.153 e. The van der Waals surface area contributed by atoms with Crippen LogP contribution < -0.4 is 10.1 Å². The van der Waals surface area contributed by atoms with Crippen LogP contribution in [-0.4, -0.2) is 25.0 Å². The highest BCUT2D eigenvalue weighted by Crippen LogP contribution is 2.28. The lowest BCUT2D eigenvalue weighted by Gasteiger charge is -2.16. The normalized spacial score (nSPS) is 16.6. The minimum absolute atomic E-state index is 0.0817. The van der Waals surface area contributed by atoms with Gasteiger partial charge in [0.05, 0.1) is 11.6 Å². The molecule has 1 aliphatic rings. The molecule has 16 heavy (non-hydrogen) atoms. The molecule has 0 bridgehead atoms. The molecule has 1 aromatic rings. The van der Waals surface area contributed by atoms with Gasteiger partial charge in [-0.25, -0.2) is 0 Å². The van der Waals surface area contributed by atoms with Crippen LogP contribution in [0, 0.1) is 6.92 Å². The van der Waals surface area contributed by atoms with E-state index in [1.165, 1.54) is 0 Å². The summed E-state index contributed by atoms with van der Waals surface area (Å²) in [7, 11) is 0. The minimum Gasteiger partial charge on any atom is -0.481 e. The Hall–Kier alpha value is -1.22. The lowest BCUT2D eigenvalue weighted by Crippen LogP contribution is -2.33. The largest absolute Gasteiger partial charge is 0.481 e. The summed E-state index contributed by atoms with van der Waals surface area (Å²) in [6, 6.07) is 5.78. The Balaban J connectivity index is 2.11. The summed E-state index contributed by atoms with van der Waals surface area (Å²) in [4.78, 5) is 4.32. The third-order valence-corrected chi connectivity index (χ3v) is 3.03. The number of halogens is 1. The van der Waals surface area contributed by atoms with E-state index < -0.39 is 0 Å². The molecule has 0 amide bonds. The molecule has 1 unspecified atom stereocenters. The standard InChI is InChI=1S/C12H15ClN2O/c1-8-4-3-5-10(11(8)13)16-9(2)12-14-6-7-15-12/h3-5,9H,6-7H2,1-2H3,(H,14,15). The fraction of sp³-hybridized carbons (Fsp3) is 0.417. The number of benzene rings is 1. The summed E-state index contributed by atoms with van der Waals surface area (Å²) < 4.78 is 5.78. The van der Waals surface area contributed by atoms with Crippen LogP contribution in [-0.2, 0) is 0 Å². The molecule has 2 rings (SSSR count). The maximum atomic E-state index is 6.16. The Morgan fingerprint density at radius 3 is 3.00 bits per heavy atom. The van der Waals surface area contributed by atoms with Crippen molar-refractivity contribution in [1.29, 1.82) is 0 Å². The van der Waals surface area contributed by atoms with Gasteiger partial charge in [0.2, 0.25) is 0 Å². The molecule has 0 saturated carbocycles. The second-order valence-corrected chi connectivity index (χ2v) is 4.22. The summed E-state index contributed by atoms with van der Waals surface area (Å²) in [5, 5.41) is 3.87. The van der Waals surface area contributed by atoms with Gasteiger partial charge in [0.25, 0.3) is 0 Å². The molecule has 0 fully saturated rings. The smallest absolute Gasteiger partial charge is 0.153 e. The Labute approximate surface area is 100 Å². The monoisotopic (exact) mass is 238 g/mol. The molecule has 1 aromatic carbocycles. The zero-order chi connectivity index (χ0) is 11.5. The van der Waals surface area contributed by atoms with Gasteiger partial charge >= 0.3 is 0 Å². The summed E-state index contributed by atoms with van der Waals surface area (Å²) in [5.41, 5.74) is 1.02. The fourth-order valence-corrected chi connectivity index (χ4v) is 1.82. The summed E-state index contributed by atoms with van der Waals surface area (Å²) in [6.45, 7) is 5.65. The Bertz CT molecular complexity index is 417. The number of rotatable bonds is 3. The second-order valence-electron chi connectivity index (χ2n) is 3.84. The maximum absolute atomic E-state index is 6.16. The molecule has 3 nitrogen and oxygen atoms in total. The first-order valence-corrected chi connectivity index (χ1v) is 5.76. The van der Waals surface area contributed by atoms with Crippen LogP contribution in [0.3, 0.4) is 0 Å². The number of hydrogen-bond acceptors (Lipinski definition) is 3. The molecule has 4 heteroatoms. The van der Waals surface area contributed by atoms with E-state index in [4.69, 9.17) is 16.3 Å². The van der Waals surface area contributed by atoms with Gasteiger partial charge in [-0.2, -0.15) is 0 Å². The van der Waals surface area contributed by atoms with Gasteiger partial charge in [0.15, 0.2) is 6.10 Å². The van der Waals surface area contributed by atoms with Crippen molar-refractivity contribution in [2.45, 2.75) is 20.0 Å². The summed E-state index contributed by atoms with van der Waals surface area (Å²) in [6.07, 6.45) is -0.0817. The summed E-state index contributed by atoms with van der Waals surface area (Å²) >= 11 is 6.16. The second kappa shape index (κ2) is 4.74. The molecule has 0 spiro atoms. The topological polar surface area (TPSA) is 33.6 Å². The number of aliphatic imine (C=N–C) groups is 1. The molecule has 0 radical (unpaired) electrons. The highest BCUT2D eigenvalue weighted by atomic mass is 35.5. The highest BCUT2D eigenvalue weighted by Gasteiger charge is 2.16. The number of nitrogens with one attached hydrogen (secondary N) is 1. The van der Waals surface area contributed by atoms with Crippen LogP contribution in [0.15, 0.2) is 23.2 Å². The molecule has 0 saturated heterocycles. The van der Waals surface area contributed by atoms with Gasteiger partial charge in [-0.05, 0) is 25.5 Å². The van der Waals surface area contributed by atoms with Gasteiger partial charge in [-0.1, -0.05) is 23.7 Å². The Morgan fingerprint density at radius 1 is 1.50 bits per heavy atom. The Kier molecular flexibility index (Phi) is 3.34. The van der Waals surface area contributed by atoms with Gasteiger partial charge in [-0.15, -0.1) is 0 Å². The summed E-state index contributed by atoms with van der Waals surface area (Å²) in [5.74, 6) is 1.61. The van der Waals surface area contributed by atoms with Crippen molar-refractivity contribution in [3.8, 4) is 5.75 Å². The fourth-order valence-electron chi connectivity index (χ4n) is 1.65. The lowest BCUT2D eigenvalue weighted by atomic mass is 10.2. The zero-order valence-electron chi connectivity index (χ0n) is 9.46. The SMILES string of the molecule is Cc1cccc(OC(C)C2=NCCN2)c1Cl. The van der Waals surface area contributed by atoms with Crippen LogP contribution in [0.1, 0.15) is 12.5 Å². The molecule has 1 heterocycles. The predicted molar refractivity (Wildman–Crippen MR) is 66.6 cm³/mol. The average Bonchev–Trinajstić information content (AvgIpc) is 2.78. The molecule has 1 atom stereocenters. The van der Waals surface area contributed by atoms with E-state index in [9.17, 15) is 0 Å². The van der Waals surface area contributed by atoms with E-state index in [2.05, 4.69) is 10.3 Å². The number of aryl methyl sites for hydroxylation is 1. The van der Waals surface area contributed by atoms with Crippen molar-refractivity contribution in [2.24, 2.45) is 4.99 Å². The molecule has 0 aliphatic carbocycles. The molecule has 1 N–H and O–H groups in total. The lowest BCUT2D eigenvalue weighted by molar-refractivity contribution is 0.284. The van der Waals surface area contributed by atoms with E-state index in [-0.39, 0.29) is 6.10 Å². The molecular weight excluding hydrogens is 224 g/mol. The van der Waals surface area contributed by atoms with Crippen LogP contribution in [0.2, 0.25) is 5.02 Å². The van der Waals surface area contributed by atoms with Crippen LogP contribution >= 0.6 is 11.6 Å². The van der Waals surface area contributed by atoms with Crippen LogP contribution in [0.5, 0.6) is 5.75 Å². The number of nitrogens with zero attached hydrogens (tertiary/aromatic N) is 1. The van der Waals surface area contributed by atoms with E-state index in [0.29, 0.717) is 10.8 Å². The highest BCUT2D eigenvalue weighted by molar-refractivity contribution is 6.32. The third-order valence-electron chi connectivity index (χ3n) is 2.55. The van der Waals surface area contributed by atoms with Gasteiger partial charge < -0.3 is 10.1 Å². The average molecular weight is 239 g/mol. The van der Waals surface area contributed by atoms with E-state index in [1.54, 1.807) is 0 Å². The van der Waals surface area contributed by atoms with E-state index in [1.807, 2.05) is 32.0 Å². The quantitative estimate of drug-likeness (QED) is 0.878. The predicted octanol–water partition coefficient (Wildman–Crippen LogP) is 2.42. The first-order chi connectivity index (χ1) is 7.68. The third kappa shape index (κ3) is 2.30. The van der Waals surface area contributed by atoms with Crippen molar-refractivity contribution >= 4 is 17.4 Å². The van der Waals surface area contributed by atoms with Crippen molar-refractivity contribution in [3.05, 3.63) is 28.8 Å². The Morgan fingerprint density at radius 2 is 2.31 bits per heavy atom. The molecule has 0 aromatic heterocycles. The van der Waals surface area contributed by atoms with Crippen molar-refractivity contribution in [2.75, 3.05) is 13.1 Å².